The molecule has 0 aliphatic carbocycles. The molecule has 3 aromatic rings. The van der Waals surface area contributed by atoms with E-state index in [2.05, 4.69) is 20.6 Å². The van der Waals surface area contributed by atoms with Crippen LogP contribution < -0.4 is 10.6 Å². The second-order valence-electron chi connectivity index (χ2n) is 9.87. The van der Waals surface area contributed by atoms with Gasteiger partial charge in [-0.1, -0.05) is 36.4 Å². The number of aromatic nitrogens is 2. The van der Waals surface area contributed by atoms with Gasteiger partial charge in [0.05, 0.1) is 6.04 Å². The van der Waals surface area contributed by atoms with Gasteiger partial charge in [0, 0.05) is 42.9 Å². The smallest absolute Gasteiger partial charge is 0.412 e. The van der Waals surface area contributed by atoms with Crippen LogP contribution in [0.4, 0.5) is 22.0 Å². The number of benzene rings is 2. The molecule has 1 unspecified atom stereocenters. The van der Waals surface area contributed by atoms with Crippen molar-refractivity contribution in [2.24, 2.45) is 0 Å². The monoisotopic (exact) mass is 539 g/mol. The Labute approximate surface area is 223 Å². The lowest BCUT2D eigenvalue weighted by atomic mass is 10.1. The van der Waals surface area contributed by atoms with E-state index in [0.717, 1.165) is 11.8 Å². The zero-order chi connectivity index (χ0) is 28.1. The van der Waals surface area contributed by atoms with Gasteiger partial charge in [-0.3, -0.25) is 10.1 Å². The third kappa shape index (κ3) is 8.01. The molecule has 2 N–H and O–H groups in total. The number of rotatable bonds is 8. The van der Waals surface area contributed by atoms with Gasteiger partial charge in [0.2, 0.25) is 20.9 Å². The molecule has 0 aliphatic rings. The molecular formula is C27H33N5O5S. The predicted octanol–water partition coefficient (Wildman–Crippen LogP) is 5.08. The first kappa shape index (κ1) is 28.6. The Hall–Kier alpha value is -3.99. The molecule has 1 aromatic heterocycles. The van der Waals surface area contributed by atoms with Crippen molar-refractivity contribution in [2.45, 2.75) is 58.0 Å². The topological polar surface area (TPSA) is 131 Å². The lowest BCUT2D eigenvalue weighted by Crippen LogP contribution is -2.31. The van der Waals surface area contributed by atoms with Crippen LogP contribution in [0.1, 0.15) is 51.8 Å². The van der Waals surface area contributed by atoms with Crippen molar-refractivity contribution in [3.05, 3.63) is 71.9 Å². The molecule has 2 amide bonds. The van der Waals surface area contributed by atoms with Gasteiger partial charge >= 0.3 is 6.09 Å². The van der Waals surface area contributed by atoms with Gasteiger partial charge < -0.3 is 15.0 Å². The Morgan fingerprint density at radius 2 is 1.71 bits per heavy atom. The van der Waals surface area contributed by atoms with Crippen LogP contribution in [0.2, 0.25) is 0 Å². The van der Waals surface area contributed by atoms with Gasteiger partial charge in [-0.2, -0.15) is 0 Å². The summed E-state index contributed by atoms with van der Waals surface area (Å²) in [6.07, 6.45) is 1.83. The number of ether oxygens (including phenoxy) is 1. The van der Waals surface area contributed by atoms with Crippen LogP contribution in [0.5, 0.6) is 0 Å². The van der Waals surface area contributed by atoms with E-state index in [1.807, 2.05) is 37.3 Å². The predicted molar refractivity (Wildman–Crippen MR) is 146 cm³/mol. The number of carbonyl (C=O) groups excluding carboxylic acids is 2. The van der Waals surface area contributed by atoms with E-state index in [4.69, 9.17) is 4.74 Å². The Morgan fingerprint density at radius 1 is 1.05 bits per heavy atom. The minimum Gasteiger partial charge on any atom is -0.444 e. The summed E-state index contributed by atoms with van der Waals surface area (Å²) in [7, 11) is -3.70. The number of sulfone groups is 1. The maximum atomic E-state index is 12.6. The normalized spacial score (nSPS) is 12.4. The molecule has 10 nitrogen and oxygen atoms in total. The Kier molecular flexibility index (Phi) is 8.72. The molecule has 2 aromatic carbocycles. The first-order chi connectivity index (χ1) is 17.7. The second-order valence-corrected chi connectivity index (χ2v) is 11.8. The van der Waals surface area contributed by atoms with Crippen LogP contribution in [-0.4, -0.2) is 47.1 Å². The van der Waals surface area contributed by atoms with E-state index < -0.39 is 27.6 Å². The number of nitrogens with one attached hydrogen (secondary N) is 2. The molecule has 11 heteroatoms. The van der Waals surface area contributed by atoms with Crippen LogP contribution >= 0.6 is 0 Å². The molecule has 3 rings (SSSR count). The summed E-state index contributed by atoms with van der Waals surface area (Å²) in [5.41, 5.74) is 1.80. The summed E-state index contributed by atoms with van der Waals surface area (Å²) >= 11 is 0. The summed E-state index contributed by atoms with van der Waals surface area (Å²) in [5.74, 6) is 0.0599. The van der Waals surface area contributed by atoms with Gasteiger partial charge in [-0.05, 0) is 51.5 Å². The van der Waals surface area contributed by atoms with Gasteiger partial charge in [0.15, 0.2) is 0 Å². The zero-order valence-corrected chi connectivity index (χ0v) is 23.2. The van der Waals surface area contributed by atoms with E-state index in [1.54, 1.807) is 49.9 Å². The van der Waals surface area contributed by atoms with Crippen molar-refractivity contribution >= 4 is 39.0 Å². The molecule has 0 radical (unpaired) electrons. The molecule has 0 spiro atoms. The Balaban J connectivity index is 1.96. The van der Waals surface area contributed by atoms with Crippen LogP contribution in [-0.2, 0) is 25.9 Å². The van der Waals surface area contributed by atoms with Crippen molar-refractivity contribution < 1.29 is 22.7 Å². The number of carbonyl (C=O) groups is 2. The zero-order valence-electron chi connectivity index (χ0n) is 22.3. The quantitative estimate of drug-likeness (QED) is 0.379. The fourth-order valence-corrected chi connectivity index (χ4v) is 4.16. The van der Waals surface area contributed by atoms with Crippen molar-refractivity contribution in [1.82, 2.24) is 14.9 Å². The SMILES string of the molecule is CC(=O)N(Cc1ccccc1)C(C)c1cnc(S(C)(=O)=O)nc1Nc1cccc(NC(=O)OC(C)(C)C)c1. The molecule has 1 heterocycles. The minimum absolute atomic E-state index is 0.164. The van der Waals surface area contributed by atoms with Gasteiger partial charge in [0.1, 0.15) is 11.4 Å². The number of amides is 2. The Bertz CT molecular complexity index is 1400. The largest absolute Gasteiger partial charge is 0.444 e. The second kappa shape index (κ2) is 11.6. The fraction of sp³-hybridized carbons (Fsp3) is 0.333. The summed E-state index contributed by atoms with van der Waals surface area (Å²) < 4.78 is 29.7. The highest BCUT2D eigenvalue weighted by Gasteiger charge is 2.25. The summed E-state index contributed by atoms with van der Waals surface area (Å²) in [5, 5.41) is 5.46. The fourth-order valence-electron chi connectivity index (χ4n) is 3.66. The number of anilines is 3. The highest BCUT2D eigenvalue weighted by atomic mass is 32.2. The van der Waals surface area contributed by atoms with Gasteiger partial charge in [0.25, 0.3) is 0 Å². The van der Waals surface area contributed by atoms with E-state index in [9.17, 15) is 18.0 Å². The lowest BCUT2D eigenvalue weighted by molar-refractivity contribution is -0.131. The van der Waals surface area contributed by atoms with E-state index in [0.29, 0.717) is 23.5 Å². The number of nitrogens with zero attached hydrogens (tertiary/aromatic N) is 3. The standard InChI is InChI=1S/C27H33N5O5S/c1-18(32(19(2)33)17-20-11-8-7-9-12-20)23-16-28-25(38(6,35)36)31-24(23)29-21-13-10-14-22(15-21)30-26(34)37-27(3,4)5/h7-16,18H,17H2,1-6H3,(H,30,34)(H,28,29,31). The third-order valence-electron chi connectivity index (χ3n) is 5.42. The van der Waals surface area contributed by atoms with Crippen molar-refractivity contribution in [3.63, 3.8) is 0 Å². The molecule has 0 bridgehead atoms. The first-order valence-electron chi connectivity index (χ1n) is 12.0. The number of hydrogen-bond donors (Lipinski definition) is 2. The van der Waals surface area contributed by atoms with E-state index >= 15 is 0 Å². The molecule has 1 atom stereocenters. The lowest BCUT2D eigenvalue weighted by Gasteiger charge is -2.29. The molecule has 0 aliphatic heterocycles. The first-order valence-corrected chi connectivity index (χ1v) is 13.9. The van der Waals surface area contributed by atoms with Crippen LogP contribution in [0.25, 0.3) is 0 Å². The minimum atomic E-state index is -3.70. The number of hydrogen-bond acceptors (Lipinski definition) is 8. The molecular weight excluding hydrogens is 506 g/mol. The molecule has 202 valence electrons. The summed E-state index contributed by atoms with van der Waals surface area (Å²) in [6.45, 7) is 8.95. The van der Waals surface area contributed by atoms with Crippen molar-refractivity contribution in [2.75, 3.05) is 16.9 Å². The van der Waals surface area contributed by atoms with Crippen LogP contribution in [0.3, 0.4) is 0 Å². The molecule has 0 saturated heterocycles. The summed E-state index contributed by atoms with van der Waals surface area (Å²) in [4.78, 5) is 34.8. The van der Waals surface area contributed by atoms with E-state index in [-0.39, 0.29) is 16.9 Å². The van der Waals surface area contributed by atoms with Crippen molar-refractivity contribution in [1.29, 1.82) is 0 Å². The maximum absolute atomic E-state index is 12.6. The highest BCUT2D eigenvalue weighted by Crippen LogP contribution is 2.30. The third-order valence-corrected chi connectivity index (χ3v) is 6.27. The average Bonchev–Trinajstić information content (AvgIpc) is 2.81. The Morgan fingerprint density at radius 3 is 2.32 bits per heavy atom. The summed E-state index contributed by atoms with van der Waals surface area (Å²) in [6, 6.07) is 15.9. The van der Waals surface area contributed by atoms with Gasteiger partial charge in [-0.25, -0.2) is 23.2 Å². The highest BCUT2D eigenvalue weighted by molar-refractivity contribution is 7.90. The molecule has 0 fully saturated rings. The van der Waals surface area contributed by atoms with Crippen LogP contribution in [0.15, 0.2) is 66.0 Å². The maximum Gasteiger partial charge on any atom is 0.412 e. The van der Waals surface area contributed by atoms with Gasteiger partial charge in [-0.15, -0.1) is 0 Å². The van der Waals surface area contributed by atoms with Crippen molar-refractivity contribution in [3.8, 4) is 0 Å². The molecule has 0 saturated carbocycles. The van der Waals surface area contributed by atoms with Crippen LogP contribution in [0, 0.1) is 0 Å². The van der Waals surface area contributed by atoms with E-state index in [1.165, 1.54) is 13.1 Å². The molecule has 38 heavy (non-hydrogen) atoms. The average molecular weight is 540 g/mol.